The van der Waals surface area contributed by atoms with E-state index in [1.165, 1.54) is 0 Å². The second-order valence-electron chi connectivity index (χ2n) is 2.45. The summed E-state index contributed by atoms with van der Waals surface area (Å²) in [6, 6.07) is 0. The third kappa shape index (κ3) is 6.27. The van der Waals surface area contributed by atoms with Gasteiger partial charge in [-0.2, -0.15) is 0 Å². The van der Waals surface area contributed by atoms with Crippen molar-refractivity contribution in [3.63, 3.8) is 0 Å². The van der Waals surface area contributed by atoms with Gasteiger partial charge in [-0.15, -0.1) is 11.6 Å². The van der Waals surface area contributed by atoms with Crippen LogP contribution in [0.4, 0.5) is 0 Å². The largest absolute Gasteiger partial charge is 0.380 e. The predicted octanol–water partition coefficient (Wildman–Crippen LogP) is 2.03. The van der Waals surface area contributed by atoms with Gasteiger partial charge in [0, 0.05) is 19.8 Å². The van der Waals surface area contributed by atoms with E-state index in [0.717, 1.165) is 0 Å². The fraction of sp³-hybridized carbons (Fsp3) is 1.00. The highest BCUT2D eigenvalue weighted by atomic mass is 35.5. The topological polar surface area (TPSA) is 27.7 Å². The van der Waals surface area contributed by atoms with Crippen molar-refractivity contribution in [2.45, 2.75) is 32.4 Å². The summed E-state index contributed by atoms with van der Waals surface area (Å²) in [6.07, 6.45) is -0.358. The average molecular weight is 211 g/mol. The van der Waals surface area contributed by atoms with E-state index in [-0.39, 0.29) is 11.7 Å². The molecule has 1 atom stereocenters. The summed E-state index contributed by atoms with van der Waals surface area (Å²) in [5.41, 5.74) is 0. The second kappa shape index (κ2) is 8.75. The van der Waals surface area contributed by atoms with Crippen LogP contribution in [0.3, 0.4) is 0 Å². The van der Waals surface area contributed by atoms with Crippen molar-refractivity contribution in [2.75, 3.05) is 26.4 Å². The zero-order valence-electron chi connectivity index (χ0n) is 8.59. The van der Waals surface area contributed by atoms with E-state index < -0.39 is 0 Å². The highest BCUT2D eigenvalue weighted by Gasteiger charge is 2.19. The maximum Gasteiger partial charge on any atom is 0.175 e. The number of alkyl halides is 1. The minimum absolute atomic E-state index is 0.236. The Hall–Kier alpha value is 0.170. The smallest absolute Gasteiger partial charge is 0.175 e. The molecule has 0 aliphatic carbocycles. The molecular formula is C9H19ClO3. The van der Waals surface area contributed by atoms with Crippen LogP contribution in [0.2, 0.25) is 0 Å². The maximum absolute atomic E-state index is 6.01. The molecule has 0 aliphatic heterocycles. The SMILES string of the molecule is CCOCC(Cl)C(OCC)OCC. The third-order valence-electron chi connectivity index (χ3n) is 1.44. The van der Waals surface area contributed by atoms with Gasteiger partial charge in [-0.1, -0.05) is 0 Å². The lowest BCUT2D eigenvalue weighted by atomic mass is 10.4. The van der Waals surface area contributed by atoms with Gasteiger partial charge in [0.25, 0.3) is 0 Å². The summed E-state index contributed by atoms with van der Waals surface area (Å²) >= 11 is 6.01. The van der Waals surface area contributed by atoms with Crippen molar-refractivity contribution in [2.24, 2.45) is 0 Å². The normalized spacial score (nSPS) is 13.6. The van der Waals surface area contributed by atoms with Crippen LogP contribution in [-0.2, 0) is 14.2 Å². The first-order valence-corrected chi connectivity index (χ1v) is 5.14. The van der Waals surface area contributed by atoms with Gasteiger partial charge in [0.2, 0.25) is 0 Å². The number of hydrogen-bond acceptors (Lipinski definition) is 3. The first-order chi connectivity index (χ1) is 6.26. The molecule has 0 heterocycles. The Labute approximate surface area is 85.3 Å². The second-order valence-corrected chi connectivity index (χ2v) is 3.02. The lowest BCUT2D eigenvalue weighted by Crippen LogP contribution is -2.31. The summed E-state index contributed by atoms with van der Waals surface area (Å²) in [5.74, 6) is 0. The van der Waals surface area contributed by atoms with Crippen LogP contribution in [-0.4, -0.2) is 38.1 Å². The molecule has 0 aliphatic rings. The highest BCUT2D eigenvalue weighted by Crippen LogP contribution is 2.09. The zero-order valence-corrected chi connectivity index (χ0v) is 9.34. The highest BCUT2D eigenvalue weighted by molar-refractivity contribution is 6.21. The van der Waals surface area contributed by atoms with E-state index in [9.17, 15) is 0 Å². The fourth-order valence-electron chi connectivity index (χ4n) is 0.894. The summed E-state index contributed by atoms with van der Waals surface area (Å²) in [4.78, 5) is 0. The number of halogens is 1. The molecule has 0 spiro atoms. The quantitative estimate of drug-likeness (QED) is 0.453. The molecule has 4 heteroatoms. The van der Waals surface area contributed by atoms with Gasteiger partial charge in [-0.3, -0.25) is 0 Å². The summed E-state index contributed by atoms with van der Waals surface area (Å²) in [5, 5.41) is -0.236. The Morgan fingerprint density at radius 1 is 1.00 bits per heavy atom. The molecule has 0 bridgehead atoms. The molecule has 0 aromatic heterocycles. The van der Waals surface area contributed by atoms with Crippen molar-refractivity contribution in [1.82, 2.24) is 0 Å². The number of rotatable bonds is 8. The molecule has 3 nitrogen and oxygen atoms in total. The van der Waals surface area contributed by atoms with Gasteiger partial charge in [-0.05, 0) is 20.8 Å². The van der Waals surface area contributed by atoms with Crippen LogP contribution >= 0.6 is 11.6 Å². The van der Waals surface area contributed by atoms with Crippen molar-refractivity contribution in [3.05, 3.63) is 0 Å². The molecular weight excluding hydrogens is 192 g/mol. The monoisotopic (exact) mass is 210 g/mol. The Kier molecular flexibility index (Phi) is 8.87. The standard InChI is InChI=1S/C9H19ClO3/c1-4-11-7-8(10)9(12-5-2)13-6-3/h8-9H,4-7H2,1-3H3. The molecule has 0 aromatic rings. The van der Waals surface area contributed by atoms with Crippen molar-refractivity contribution in [3.8, 4) is 0 Å². The summed E-state index contributed by atoms with van der Waals surface area (Å²) in [6.45, 7) is 8.07. The van der Waals surface area contributed by atoms with Gasteiger partial charge in [0.05, 0.1) is 6.61 Å². The van der Waals surface area contributed by atoms with E-state index in [4.69, 9.17) is 25.8 Å². The van der Waals surface area contributed by atoms with Gasteiger partial charge < -0.3 is 14.2 Å². The third-order valence-corrected chi connectivity index (χ3v) is 1.77. The lowest BCUT2D eigenvalue weighted by Gasteiger charge is -2.21. The van der Waals surface area contributed by atoms with Gasteiger partial charge in [0.15, 0.2) is 6.29 Å². The van der Waals surface area contributed by atoms with Crippen LogP contribution < -0.4 is 0 Å². The van der Waals surface area contributed by atoms with Crippen LogP contribution in [0, 0.1) is 0 Å². The maximum atomic E-state index is 6.01. The molecule has 13 heavy (non-hydrogen) atoms. The molecule has 0 aromatic carbocycles. The van der Waals surface area contributed by atoms with E-state index >= 15 is 0 Å². The van der Waals surface area contributed by atoms with E-state index in [2.05, 4.69) is 0 Å². The average Bonchev–Trinajstić information content (AvgIpc) is 2.14. The van der Waals surface area contributed by atoms with Gasteiger partial charge >= 0.3 is 0 Å². The van der Waals surface area contributed by atoms with Gasteiger partial charge in [0.1, 0.15) is 5.38 Å². The minimum Gasteiger partial charge on any atom is -0.380 e. The number of ether oxygens (including phenoxy) is 3. The summed E-state index contributed by atoms with van der Waals surface area (Å²) in [7, 11) is 0. The van der Waals surface area contributed by atoms with E-state index in [1.807, 2.05) is 20.8 Å². The van der Waals surface area contributed by atoms with Gasteiger partial charge in [-0.25, -0.2) is 0 Å². The molecule has 0 radical (unpaired) electrons. The Morgan fingerprint density at radius 2 is 1.54 bits per heavy atom. The molecule has 1 unspecified atom stereocenters. The molecule has 0 fully saturated rings. The van der Waals surface area contributed by atoms with Crippen LogP contribution in [0.15, 0.2) is 0 Å². The molecule has 0 amide bonds. The predicted molar refractivity (Wildman–Crippen MR) is 53.2 cm³/mol. The Morgan fingerprint density at radius 3 is 1.92 bits per heavy atom. The molecule has 0 saturated carbocycles. The van der Waals surface area contributed by atoms with Crippen LogP contribution in [0.1, 0.15) is 20.8 Å². The Bertz CT molecular complexity index is 105. The molecule has 0 saturated heterocycles. The molecule has 80 valence electrons. The molecule has 0 rings (SSSR count). The van der Waals surface area contributed by atoms with E-state index in [1.54, 1.807) is 0 Å². The van der Waals surface area contributed by atoms with Crippen molar-refractivity contribution >= 4 is 11.6 Å². The van der Waals surface area contributed by atoms with E-state index in [0.29, 0.717) is 26.4 Å². The fourth-order valence-corrected chi connectivity index (χ4v) is 1.13. The van der Waals surface area contributed by atoms with Crippen LogP contribution in [0.25, 0.3) is 0 Å². The lowest BCUT2D eigenvalue weighted by molar-refractivity contribution is -0.143. The molecule has 0 N–H and O–H groups in total. The van der Waals surface area contributed by atoms with Crippen molar-refractivity contribution < 1.29 is 14.2 Å². The zero-order chi connectivity index (χ0) is 10.1. The first kappa shape index (κ1) is 13.2. The first-order valence-electron chi connectivity index (χ1n) is 4.71. The number of hydrogen-bond donors (Lipinski definition) is 0. The van der Waals surface area contributed by atoms with Crippen molar-refractivity contribution in [1.29, 1.82) is 0 Å². The Balaban J connectivity index is 3.72. The minimum atomic E-state index is -0.358. The van der Waals surface area contributed by atoms with Crippen LogP contribution in [0.5, 0.6) is 0 Å². The summed E-state index contributed by atoms with van der Waals surface area (Å²) < 4.78 is 15.8.